The summed E-state index contributed by atoms with van der Waals surface area (Å²) in [6.07, 6.45) is 3.86. The first-order valence-corrected chi connectivity index (χ1v) is 11.5. The SMILES string of the molecule is Cc1c(C)n2c3c(=O)n(C)c(=O)n(C)c3nc2n1-c1cccc(OCCN2CCCCC2)c1. The van der Waals surface area contributed by atoms with Gasteiger partial charge in [-0.15, -0.1) is 0 Å². The summed E-state index contributed by atoms with van der Waals surface area (Å²) in [7, 11) is 3.13. The minimum absolute atomic E-state index is 0.351. The lowest BCUT2D eigenvalue weighted by atomic mass is 10.1. The quantitative estimate of drug-likeness (QED) is 0.466. The molecule has 0 bridgehead atoms. The average Bonchev–Trinajstić information content (AvgIpc) is 3.32. The number of piperidine rings is 1. The molecule has 9 heteroatoms. The van der Waals surface area contributed by atoms with E-state index in [1.165, 1.54) is 30.9 Å². The van der Waals surface area contributed by atoms with Crippen molar-refractivity contribution < 1.29 is 4.74 Å². The van der Waals surface area contributed by atoms with Gasteiger partial charge >= 0.3 is 5.69 Å². The van der Waals surface area contributed by atoms with E-state index >= 15 is 0 Å². The maximum Gasteiger partial charge on any atom is 0.332 e. The van der Waals surface area contributed by atoms with Gasteiger partial charge in [0.15, 0.2) is 11.2 Å². The molecule has 4 heterocycles. The monoisotopic (exact) mass is 450 g/mol. The molecule has 1 aliphatic heterocycles. The highest BCUT2D eigenvalue weighted by molar-refractivity contribution is 5.77. The Kier molecular flexibility index (Phi) is 5.36. The molecule has 0 atom stereocenters. The number of likely N-dealkylation sites (tertiary alicyclic amines) is 1. The Labute approximate surface area is 191 Å². The Balaban J connectivity index is 1.55. The molecule has 0 N–H and O–H groups in total. The van der Waals surface area contributed by atoms with E-state index in [1.54, 1.807) is 7.05 Å². The molecule has 0 amide bonds. The van der Waals surface area contributed by atoms with Crippen LogP contribution in [0.1, 0.15) is 30.7 Å². The third kappa shape index (κ3) is 3.47. The third-order valence-corrected chi connectivity index (χ3v) is 6.84. The van der Waals surface area contributed by atoms with Crippen LogP contribution in [0.4, 0.5) is 0 Å². The summed E-state index contributed by atoms with van der Waals surface area (Å²) in [4.78, 5) is 32.5. The zero-order valence-electron chi connectivity index (χ0n) is 19.7. The van der Waals surface area contributed by atoms with Crippen molar-refractivity contribution in [3.63, 3.8) is 0 Å². The first kappa shape index (κ1) is 21.5. The fraction of sp³-hybridized carbons (Fsp3) is 0.458. The molecule has 9 nitrogen and oxygen atoms in total. The molecule has 1 saturated heterocycles. The second kappa shape index (κ2) is 8.22. The lowest BCUT2D eigenvalue weighted by molar-refractivity contribution is 0.183. The van der Waals surface area contributed by atoms with E-state index in [0.717, 1.165) is 47.0 Å². The van der Waals surface area contributed by atoms with Gasteiger partial charge in [-0.05, 0) is 51.9 Å². The molecule has 1 aromatic carbocycles. The Bertz CT molecular complexity index is 1470. The van der Waals surface area contributed by atoms with Crippen LogP contribution in [0.15, 0.2) is 33.9 Å². The number of rotatable bonds is 5. The molecule has 0 saturated carbocycles. The summed E-state index contributed by atoms with van der Waals surface area (Å²) < 4.78 is 12.5. The molecule has 33 heavy (non-hydrogen) atoms. The normalized spacial score (nSPS) is 15.0. The van der Waals surface area contributed by atoms with Gasteiger partial charge in [0.05, 0.1) is 5.69 Å². The number of nitrogens with zero attached hydrogens (tertiary/aromatic N) is 6. The molecular weight excluding hydrogens is 420 g/mol. The first-order chi connectivity index (χ1) is 15.9. The summed E-state index contributed by atoms with van der Waals surface area (Å²) in [6, 6.07) is 7.93. The maximum atomic E-state index is 12.9. The van der Waals surface area contributed by atoms with E-state index in [4.69, 9.17) is 9.72 Å². The van der Waals surface area contributed by atoms with Crippen molar-refractivity contribution >= 4 is 16.9 Å². The average molecular weight is 451 g/mol. The second-order valence-electron chi connectivity index (χ2n) is 8.88. The largest absolute Gasteiger partial charge is 0.492 e. The molecule has 5 rings (SSSR count). The highest BCUT2D eigenvalue weighted by Crippen LogP contribution is 2.26. The van der Waals surface area contributed by atoms with Crippen LogP contribution in [0.2, 0.25) is 0 Å². The first-order valence-electron chi connectivity index (χ1n) is 11.5. The van der Waals surface area contributed by atoms with E-state index in [2.05, 4.69) is 4.90 Å². The van der Waals surface area contributed by atoms with E-state index in [9.17, 15) is 9.59 Å². The summed E-state index contributed by atoms with van der Waals surface area (Å²) in [5.74, 6) is 1.40. The summed E-state index contributed by atoms with van der Waals surface area (Å²) >= 11 is 0. The van der Waals surface area contributed by atoms with E-state index < -0.39 is 5.69 Å². The van der Waals surface area contributed by atoms with Crippen LogP contribution >= 0.6 is 0 Å². The number of imidazole rings is 2. The van der Waals surface area contributed by atoms with Crippen molar-refractivity contribution in [2.45, 2.75) is 33.1 Å². The Morgan fingerprint density at radius 3 is 2.52 bits per heavy atom. The Morgan fingerprint density at radius 1 is 1.00 bits per heavy atom. The highest BCUT2D eigenvalue weighted by atomic mass is 16.5. The minimum Gasteiger partial charge on any atom is -0.492 e. The van der Waals surface area contributed by atoms with E-state index in [1.807, 2.05) is 47.1 Å². The van der Waals surface area contributed by atoms with Gasteiger partial charge in [-0.3, -0.25) is 27.8 Å². The van der Waals surface area contributed by atoms with Gasteiger partial charge in [0.1, 0.15) is 12.4 Å². The number of aryl methyl sites for hydroxylation is 2. The van der Waals surface area contributed by atoms with Gasteiger partial charge in [0.25, 0.3) is 5.56 Å². The van der Waals surface area contributed by atoms with Crippen molar-refractivity contribution in [2.75, 3.05) is 26.2 Å². The summed E-state index contributed by atoms with van der Waals surface area (Å²) in [5, 5.41) is 0. The number of hydrogen-bond donors (Lipinski definition) is 0. The smallest absolute Gasteiger partial charge is 0.332 e. The van der Waals surface area contributed by atoms with Gasteiger partial charge in [-0.1, -0.05) is 12.5 Å². The third-order valence-electron chi connectivity index (χ3n) is 6.84. The van der Waals surface area contributed by atoms with Gasteiger partial charge in [0, 0.05) is 38.1 Å². The number of fused-ring (bicyclic) bond motifs is 3. The van der Waals surface area contributed by atoms with E-state index in [-0.39, 0.29) is 5.56 Å². The van der Waals surface area contributed by atoms with Crippen molar-refractivity contribution in [1.29, 1.82) is 0 Å². The molecule has 4 aromatic rings. The molecule has 0 radical (unpaired) electrons. The van der Waals surface area contributed by atoms with Crippen LogP contribution in [-0.4, -0.2) is 54.2 Å². The predicted octanol–water partition coefficient (Wildman–Crippen LogP) is 2.16. The Morgan fingerprint density at radius 2 is 1.76 bits per heavy atom. The number of aromatic nitrogens is 5. The van der Waals surface area contributed by atoms with Crippen molar-refractivity contribution in [3.8, 4) is 11.4 Å². The van der Waals surface area contributed by atoms with Gasteiger partial charge in [-0.2, -0.15) is 4.98 Å². The van der Waals surface area contributed by atoms with Crippen molar-refractivity contribution in [2.24, 2.45) is 14.1 Å². The molecule has 1 aliphatic rings. The zero-order valence-corrected chi connectivity index (χ0v) is 19.7. The topological polar surface area (TPSA) is 78.7 Å². The lowest BCUT2D eigenvalue weighted by Gasteiger charge is -2.26. The van der Waals surface area contributed by atoms with Crippen molar-refractivity contribution in [1.82, 2.24) is 28.0 Å². The molecule has 174 valence electrons. The minimum atomic E-state index is -0.390. The van der Waals surface area contributed by atoms with Crippen LogP contribution in [0.25, 0.3) is 22.6 Å². The van der Waals surface area contributed by atoms with Gasteiger partial charge in [-0.25, -0.2) is 4.79 Å². The van der Waals surface area contributed by atoms with Crippen LogP contribution in [0.3, 0.4) is 0 Å². The predicted molar refractivity (Wildman–Crippen MR) is 128 cm³/mol. The molecule has 0 spiro atoms. The van der Waals surface area contributed by atoms with E-state index in [0.29, 0.717) is 23.5 Å². The van der Waals surface area contributed by atoms with Gasteiger partial charge < -0.3 is 4.74 Å². The lowest BCUT2D eigenvalue weighted by Crippen LogP contribution is -2.37. The maximum absolute atomic E-state index is 12.9. The fourth-order valence-electron chi connectivity index (χ4n) is 4.82. The van der Waals surface area contributed by atoms with Gasteiger partial charge in [0.2, 0.25) is 5.78 Å². The fourth-order valence-corrected chi connectivity index (χ4v) is 4.82. The van der Waals surface area contributed by atoms with Crippen LogP contribution in [0, 0.1) is 13.8 Å². The Hall–Kier alpha value is -3.33. The van der Waals surface area contributed by atoms with Crippen LogP contribution < -0.4 is 16.0 Å². The number of hydrogen-bond acceptors (Lipinski definition) is 5. The molecule has 0 unspecified atom stereocenters. The summed E-state index contributed by atoms with van der Waals surface area (Å²) in [5.41, 5.74) is 2.82. The summed E-state index contributed by atoms with van der Waals surface area (Å²) in [6.45, 7) is 7.85. The second-order valence-corrected chi connectivity index (χ2v) is 8.88. The van der Waals surface area contributed by atoms with Crippen molar-refractivity contribution in [3.05, 3.63) is 56.5 Å². The number of ether oxygens (including phenoxy) is 1. The standard InChI is InChI=1S/C24H30N6O3/c1-16-17(2)30-20-21(26(3)24(32)27(4)22(20)31)25-23(30)29(16)18-9-8-10-19(15-18)33-14-13-28-11-6-5-7-12-28/h8-10,15H,5-7,11-14H2,1-4H3. The highest BCUT2D eigenvalue weighted by Gasteiger charge is 2.22. The molecule has 0 aliphatic carbocycles. The molecular formula is C24H30N6O3. The zero-order chi connectivity index (χ0) is 23.3. The molecule has 3 aromatic heterocycles. The van der Waals surface area contributed by atoms with Crippen LogP contribution in [0.5, 0.6) is 5.75 Å². The van der Waals surface area contributed by atoms with Crippen LogP contribution in [-0.2, 0) is 14.1 Å². The number of benzene rings is 1. The molecule has 1 fully saturated rings.